The van der Waals surface area contributed by atoms with Crippen molar-refractivity contribution >= 4 is 0 Å². The van der Waals surface area contributed by atoms with Crippen LogP contribution >= 0.6 is 0 Å². The summed E-state index contributed by atoms with van der Waals surface area (Å²) in [7, 11) is 0. The lowest BCUT2D eigenvalue weighted by Gasteiger charge is -2.38. The quantitative estimate of drug-likeness (QED) is 0.863. The molecule has 0 bridgehead atoms. The number of hydrogen-bond donors (Lipinski definition) is 1. The molecule has 0 unspecified atom stereocenters. The van der Waals surface area contributed by atoms with Gasteiger partial charge in [-0.05, 0) is 49.8 Å². The van der Waals surface area contributed by atoms with Crippen molar-refractivity contribution in [1.29, 1.82) is 0 Å². The van der Waals surface area contributed by atoms with Crippen molar-refractivity contribution in [3.63, 3.8) is 0 Å². The van der Waals surface area contributed by atoms with E-state index in [1.807, 2.05) is 0 Å². The van der Waals surface area contributed by atoms with Crippen LogP contribution in [0.1, 0.15) is 36.8 Å². The summed E-state index contributed by atoms with van der Waals surface area (Å²) in [5.74, 6) is 0. The van der Waals surface area contributed by atoms with Crippen molar-refractivity contribution in [2.24, 2.45) is 5.73 Å². The third-order valence-corrected chi connectivity index (χ3v) is 3.54. The molecule has 0 amide bonds. The molecule has 1 nitrogen and oxygen atoms in total. The molecular weight excluding hydrogens is 227 g/mol. The Hall–Kier alpha value is -1.03. The minimum Gasteiger partial charge on any atom is -0.325 e. The van der Waals surface area contributed by atoms with Gasteiger partial charge in [-0.15, -0.1) is 0 Å². The van der Waals surface area contributed by atoms with Gasteiger partial charge in [-0.2, -0.15) is 13.2 Å². The van der Waals surface area contributed by atoms with Crippen LogP contribution in [0.25, 0.3) is 0 Å². The fourth-order valence-corrected chi connectivity index (χ4v) is 2.13. The van der Waals surface area contributed by atoms with Crippen LogP contribution in [-0.4, -0.2) is 5.54 Å². The first-order valence-corrected chi connectivity index (χ1v) is 5.84. The molecule has 0 radical (unpaired) electrons. The fraction of sp³-hybridized carbons (Fsp3) is 0.538. The third-order valence-electron chi connectivity index (χ3n) is 3.54. The molecule has 0 atom stereocenters. The van der Waals surface area contributed by atoms with Crippen LogP contribution in [0.4, 0.5) is 13.2 Å². The molecular formula is C13H16F3N. The highest BCUT2D eigenvalue weighted by Crippen LogP contribution is 2.33. The average Bonchev–Trinajstić information content (AvgIpc) is 2.23. The van der Waals surface area contributed by atoms with Gasteiger partial charge in [0.25, 0.3) is 0 Å². The lowest BCUT2D eigenvalue weighted by Crippen LogP contribution is -2.46. The number of alkyl halides is 3. The molecule has 0 saturated heterocycles. The molecule has 1 aromatic carbocycles. The summed E-state index contributed by atoms with van der Waals surface area (Å²) < 4.78 is 37.0. The van der Waals surface area contributed by atoms with E-state index in [-0.39, 0.29) is 5.54 Å². The van der Waals surface area contributed by atoms with Gasteiger partial charge in [0.15, 0.2) is 0 Å². The molecule has 0 heterocycles. The van der Waals surface area contributed by atoms with E-state index in [0.29, 0.717) is 0 Å². The third kappa shape index (κ3) is 3.00. The van der Waals surface area contributed by atoms with Gasteiger partial charge < -0.3 is 5.73 Å². The minimum absolute atomic E-state index is 0.0668. The van der Waals surface area contributed by atoms with Gasteiger partial charge in [0.1, 0.15) is 0 Å². The zero-order chi connectivity index (χ0) is 12.5. The second-order valence-electron chi connectivity index (χ2n) is 4.91. The molecule has 1 saturated carbocycles. The van der Waals surface area contributed by atoms with E-state index in [1.165, 1.54) is 6.42 Å². The molecule has 17 heavy (non-hydrogen) atoms. The van der Waals surface area contributed by atoms with Crippen molar-refractivity contribution in [1.82, 2.24) is 0 Å². The number of hydrogen-bond acceptors (Lipinski definition) is 1. The minimum atomic E-state index is -4.25. The van der Waals surface area contributed by atoms with Gasteiger partial charge in [0, 0.05) is 5.54 Å². The Morgan fingerprint density at radius 3 is 2.12 bits per heavy atom. The maximum atomic E-state index is 12.3. The Morgan fingerprint density at radius 1 is 1.12 bits per heavy atom. The van der Waals surface area contributed by atoms with E-state index in [4.69, 9.17) is 5.73 Å². The monoisotopic (exact) mass is 243 g/mol. The van der Waals surface area contributed by atoms with Gasteiger partial charge >= 0.3 is 6.18 Å². The molecule has 1 fully saturated rings. The van der Waals surface area contributed by atoms with Crippen molar-refractivity contribution < 1.29 is 13.2 Å². The van der Waals surface area contributed by atoms with Crippen LogP contribution in [0.2, 0.25) is 0 Å². The standard InChI is InChI=1S/C13H16F3N/c14-13(15,16)11-4-2-10(3-5-11)6-9-12(17)7-1-8-12/h2-5H,1,6-9,17H2. The van der Waals surface area contributed by atoms with Gasteiger partial charge in [-0.25, -0.2) is 0 Å². The highest BCUT2D eigenvalue weighted by molar-refractivity contribution is 5.25. The van der Waals surface area contributed by atoms with Crippen molar-refractivity contribution in [3.05, 3.63) is 35.4 Å². The highest BCUT2D eigenvalue weighted by atomic mass is 19.4. The smallest absolute Gasteiger partial charge is 0.325 e. The Kier molecular flexibility index (Phi) is 3.17. The summed E-state index contributed by atoms with van der Waals surface area (Å²) in [6, 6.07) is 5.37. The second-order valence-corrected chi connectivity index (χ2v) is 4.91. The van der Waals surface area contributed by atoms with Crippen LogP contribution in [-0.2, 0) is 12.6 Å². The predicted molar refractivity (Wildman–Crippen MR) is 60.5 cm³/mol. The lowest BCUT2D eigenvalue weighted by molar-refractivity contribution is -0.137. The van der Waals surface area contributed by atoms with Crippen LogP contribution < -0.4 is 5.73 Å². The van der Waals surface area contributed by atoms with Crippen molar-refractivity contribution in [3.8, 4) is 0 Å². The van der Waals surface area contributed by atoms with E-state index in [0.717, 1.165) is 43.4 Å². The molecule has 2 N–H and O–H groups in total. The molecule has 94 valence electrons. The number of benzene rings is 1. The molecule has 1 aliphatic rings. The summed E-state index contributed by atoms with van der Waals surface area (Å²) in [6.07, 6.45) is 0.610. The number of halogens is 3. The normalized spacial score (nSPS) is 18.8. The molecule has 0 aliphatic heterocycles. The summed E-state index contributed by atoms with van der Waals surface area (Å²) in [5, 5.41) is 0. The molecule has 0 spiro atoms. The molecule has 4 heteroatoms. The first-order valence-electron chi connectivity index (χ1n) is 5.84. The summed E-state index contributed by atoms with van der Waals surface area (Å²) in [5.41, 5.74) is 6.34. The molecule has 0 aromatic heterocycles. The fourth-order valence-electron chi connectivity index (χ4n) is 2.13. The van der Waals surface area contributed by atoms with Crippen LogP contribution in [0.15, 0.2) is 24.3 Å². The van der Waals surface area contributed by atoms with E-state index in [2.05, 4.69) is 0 Å². The number of nitrogens with two attached hydrogens (primary N) is 1. The zero-order valence-electron chi connectivity index (χ0n) is 9.56. The van der Waals surface area contributed by atoms with Crippen molar-refractivity contribution in [2.75, 3.05) is 0 Å². The number of aryl methyl sites for hydroxylation is 1. The predicted octanol–water partition coefficient (Wildman–Crippen LogP) is 3.52. The summed E-state index contributed by atoms with van der Waals surface area (Å²) >= 11 is 0. The van der Waals surface area contributed by atoms with Gasteiger partial charge in [-0.3, -0.25) is 0 Å². The topological polar surface area (TPSA) is 26.0 Å². The first-order chi connectivity index (χ1) is 7.89. The molecule has 1 aromatic rings. The second kappa shape index (κ2) is 4.33. The Bertz CT molecular complexity index is 377. The largest absolute Gasteiger partial charge is 0.416 e. The van der Waals surface area contributed by atoms with E-state index in [1.54, 1.807) is 12.1 Å². The van der Waals surface area contributed by atoms with E-state index < -0.39 is 11.7 Å². The number of rotatable bonds is 3. The first kappa shape index (κ1) is 12.4. The average molecular weight is 243 g/mol. The van der Waals surface area contributed by atoms with Gasteiger partial charge in [0.05, 0.1) is 5.56 Å². The van der Waals surface area contributed by atoms with Gasteiger partial charge in [0.2, 0.25) is 0 Å². The van der Waals surface area contributed by atoms with E-state index >= 15 is 0 Å². The van der Waals surface area contributed by atoms with Gasteiger partial charge in [-0.1, -0.05) is 12.1 Å². The maximum absolute atomic E-state index is 12.3. The molecule has 2 rings (SSSR count). The Morgan fingerprint density at radius 2 is 1.71 bits per heavy atom. The SMILES string of the molecule is NC1(CCc2ccc(C(F)(F)F)cc2)CCC1. The molecule has 1 aliphatic carbocycles. The Balaban J connectivity index is 1.94. The summed E-state index contributed by atoms with van der Waals surface area (Å²) in [4.78, 5) is 0. The highest BCUT2D eigenvalue weighted by Gasteiger charge is 2.32. The van der Waals surface area contributed by atoms with Crippen LogP contribution in [0.5, 0.6) is 0 Å². The summed E-state index contributed by atoms with van der Waals surface area (Å²) in [6.45, 7) is 0. The Labute approximate surface area is 98.8 Å². The zero-order valence-corrected chi connectivity index (χ0v) is 9.56. The van der Waals surface area contributed by atoms with Crippen LogP contribution in [0.3, 0.4) is 0 Å². The van der Waals surface area contributed by atoms with Crippen LogP contribution in [0, 0.1) is 0 Å². The lowest BCUT2D eigenvalue weighted by atomic mass is 9.74. The maximum Gasteiger partial charge on any atom is 0.416 e. The van der Waals surface area contributed by atoms with E-state index in [9.17, 15) is 13.2 Å². The van der Waals surface area contributed by atoms with Crippen molar-refractivity contribution in [2.45, 2.75) is 43.8 Å².